The van der Waals surface area contributed by atoms with Crippen molar-refractivity contribution in [1.29, 1.82) is 0 Å². The first-order valence-corrected chi connectivity index (χ1v) is 10.5. The molecule has 0 radical (unpaired) electrons. The summed E-state index contributed by atoms with van der Waals surface area (Å²) in [4.78, 5) is 26.0. The van der Waals surface area contributed by atoms with E-state index >= 15 is 0 Å². The third-order valence-electron chi connectivity index (χ3n) is 5.37. The average molecular weight is 401 g/mol. The molecular formula is C23H32N2O4. The van der Waals surface area contributed by atoms with Crippen LogP contribution in [0.15, 0.2) is 41.0 Å². The van der Waals surface area contributed by atoms with Gasteiger partial charge in [0.2, 0.25) is 5.91 Å². The molecule has 1 heterocycles. The summed E-state index contributed by atoms with van der Waals surface area (Å²) >= 11 is 0. The van der Waals surface area contributed by atoms with Crippen LogP contribution in [0.2, 0.25) is 0 Å². The third kappa shape index (κ3) is 8.60. The summed E-state index contributed by atoms with van der Waals surface area (Å²) in [6.45, 7) is 0.140. The molecule has 1 saturated carbocycles. The number of rotatable bonds is 9. The van der Waals surface area contributed by atoms with Crippen molar-refractivity contribution in [2.24, 2.45) is 11.7 Å². The number of carbonyl (C=O) groups is 2. The summed E-state index contributed by atoms with van der Waals surface area (Å²) in [5, 5.41) is 8.54. The fourth-order valence-electron chi connectivity index (χ4n) is 3.81. The predicted molar refractivity (Wildman–Crippen MR) is 111 cm³/mol. The monoisotopic (exact) mass is 400 g/mol. The molecule has 3 N–H and O–H groups in total. The van der Waals surface area contributed by atoms with Gasteiger partial charge in [0.1, 0.15) is 12.0 Å². The van der Waals surface area contributed by atoms with Gasteiger partial charge in [-0.05, 0) is 17.9 Å². The maximum atomic E-state index is 11.2. The zero-order chi connectivity index (χ0) is 20.9. The SMILES string of the molecule is NC(=O)CC(CCCC1CCCCC1)c1nc(C=O)co1.OCc1ccccc1. The van der Waals surface area contributed by atoms with E-state index in [1.54, 1.807) is 0 Å². The Hall–Kier alpha value is -2.47. The second kappa shape index (κ2) is 12.9. The first-order valence-electron chi connectivity index (χ1n) is 10.5. The number of aldehydes is 1. The van der Waals surface area contributed by atoms with Crippen LogP contribution in [-0.2, 0) is 11.4 Å². The minimum Gasteiger partial charge on any atom is -0.448 e. The number of nitrogens with two attached hydrogens (primary N) is 1. The van der Waals surface area contributed by atoms with Crippen molar-refractivity contribution in [3.63, 3.8) is 0 Å². The van der Waals surface area contributed by atoms with Gasteiger partial charge < -0.3 is 15.3 Å². The van der Waals surface area contributed by atoms with E-state index in [4.69, 9.17) is 15.3 Å². The highest BCUT2D eigenvalue weighted by molar-refractivity contribution is 5.74. The summed E-state index contributed by atoms with van der Waals surface area (Å²) < 4.78 is 5.31. The fourth-order valence-corrected chi connectivity index (χ4v) is 3.81. The van der Waals surface area contributed by atoms with Crippen molar-refractivity contribution in [2.75, 3.05) is 0 Å². The molecule has 1 aliphatic rings. The van der Waals surface area contributed by atoms with Crippen molar-refractivity contribution in [3.8, 4) is 0 Å². The second-order valence-electron chi connectivity index (χ2n) is 7.67. The van der Waals surface area contributed by atoms with E-state index in [0.717, 1.165) is 24.3 Å². The highest BCUT2D eigenvalue weighted by atomic mass is 16.3. The number of aliphatic hydroxyl groups excluding tert-OH is 1. The van der Waals surface area contributed by atoms with Crippen molar-refractivity contribution in [2.45, 2.75) is 70.3 Å². The molecular weight excluding hydrogens is 368 g/mol. The number of carbonyl (C=O) groups excluding carboxylic acids is 2. The molecule has 2 aromatic rings. The van der Waals surface area contributed by atoms with E-state index in [-0.39, 0.29) is 30.5 Å². The molecule has 6 heteroatoms. The average Bonchev–Trinajstić information content (AvgIpc) is 3.24. The van der Waals surface area contributed by atoms with E-state index in [1.165, 1.54) is 44.8 Å². The van der Waals surface area contributed by atoms with Gasteiger partial charge in [-0.3, -0.25) is 9.59 Å². The Morgan fingerprint density at radius 2 is 1.97 bits per heavy atom. The van der Waals surface area contributed by atoms with Gasteiger partial charge in [0.25, 0.3) is 0 Å². The van der Waals surface area contributed by atoms with E-state index in [0.29, 0.717) is 12.2 Å². The zero-order valence-corrected chi connectivity index (χ0v) is 17.0. The smallest absolute Gasteiger partial charge is 0.218 e. The van der Waals surface area contributed by atoms with Gasteiger partial charge in [0.05, 0.1) is 6.61 Å². The lowest BCUT2D eigenvalue weighted by atomic mass is 9.84. The van der Waals surface area contributed by atoms with Crippen molar-refractivity contribution in [1.82, 2.24) is 4.98 Å². The van der Waals surface area contributed by atoms with Gasteiger partial charge in [-0.25, -0.2) is 4.98 Å². The zero-order valence-electron chi connectivity index (χ0n) is 17.0. The van der Waals surface area contributed by atoms with Crippen LogP contribution in [-0.4, -0.2) is 22.3 Å². The third-order valence-corrected chi connectivity index (χ3v) is 5.37. The number of oxazole rings is 1. The number of primary amides is 1. The molecule has 6 nitrogen and oxygen atoms in total. The maximum absolute atomic E-state index is 11.2. The van der Waals surface area contributed by atoms with Crippen LogP contribution in [0.3, 0.4) is 0 Å². The lowest BCUT2D eigenvalue weighted by Crippen LogP contribution is -2.16. The molecule has 29 heavy (non-hydrogen) atoms. The van der Waals surface area contributed by atoms with Crippen LogP contribution in [0.1, 0.15) is 85.6 Å². The minimum absolute atomic E-state index is 0.111. The standard InChI is InChI=1S/C16H24N2O3.C7H8O/c17-15(20)9-13(16-18-14(10-19)11-21-16)8-4-7-12-5-2-1-3-6-12;8-6-7-4-2-1-3-5-7/h10-13H,1-9H2,(H2,17,20);1-5,8H,6H2. The molecule has 1 aromatic carbocycles. The maximum Gasteiger partial charge on any atom is 0.218 e. The molecule has 3 rings (SSSR count). The number of amides is 1. The summed E-state index contributed by atoms with van der Waals surface area (Å²) in [6, 6.07) is 9.52. The van der Waals surface area contributed by atoms with Crippen molar-refractivity contribution < 1.29 is 19.1 Å². The number of benzene rings is 1. The highest BCUT2D eigenvalue weighted by Gasteiger charge is 2.21. The van der Waals surface area contributed by atoms with E-state index in [2.05, 4.69) is 4.98 Å². The fraction of sp³-hybridized carbons (Fsp3) is 0.522. The molecule has 0 bridgehead atoms. The van der Waals surface area contributed by atoms with Gasteiger partial charge in [-0.15, -0.1) is 0 Å². The molecule has 0 aliphatic heterocycles. The Labute approximate surface area is 172 Å². The number of nitrogens with zero attached hydrogens (tertiary/aromatic N) is 1. The first-order chi connectivity index (χ1) is 14.1. The van der Waals surface area contributed by atoms with Gasteiger partial charge in [-0.2, -0.15) is 0 Å². The summed E-state index contributed by atoms with van der Waals surface area (Å²) in [5.74, 6) is 0.811. The van der Waals surface area contributed by atoms with E-state index in [9.17, 15) is 9.59 Å². The normalized spacial score (nSPS) is 15.2. The Morgan fingerprint density at radius 1 is 1.24 bits per heavy atom. The van der Waals surface area contributed by atoms with Crippen LogP contribution in [0, 0.1) is 5.92 Å². The van der Waals surface area contributed by atoms with Crippen LogP contribution < -0.4 is 5.73 Å². The molecule has 0 spiro atoms. The Balaban J connectivity index is 0.000000313. The first kappa shape index (κ1) is 22.8. The summed E-state index contributed by atoms with van der Waals surface area (Å²) in [6.07, 6.45) is 12.0. The lowest BCUT2D eigenvalue weighted by Gasteiger charge is -2.22. The molecule has 158 valence electrons. The highest BCUT2D eigenvalue weighted by Crippen LogP contribution is 2.31. The topological polar surface area (TPSA) is 106 Å². The van der Waals surface area contributed by atoms with Crippen LogP contribution in [0.5, 0.6) is 0 Å². The van der Waals surface area contributed by atoms with Crippen molar-refractivity contribution >= 4 is 12.2 Å². The number of aromatic nitrogens is 1. The molecule has 1 aliphatic carbocycles. The van der Waals surface area contributed by atoms with Crippen LogP contribution >= 0.6 is 0 Å². The number of hydrogen-bond acceptors (Lipinski definition) is 5. The molecule has 0 saturated heterocycles. The summed E-state index contributed by atoms with van der Waals surface area (Å²) in [5.41, 5.74) is 6.54. The van der Waals surface area contributed by atoms with Crippen LogP contribution in [0.25, 0.3) is 0 Å². The van der Waals surface area contributed by atoms with Gasteiger partial charge in [0, 0.05) is 12.3 Å². The number of aliphatic hydroxyl groups is 1. The van der Waals surface area contributed by atoms with Gasteiger partial charge >= 0.3 is 0 Å². The van der Waals surface area contributed by atoms with Gasteiger partial charge in [0.15, 0.2) is 12.2 Å². The minimum atomic E-state index is -0.358. The Kier molecular flexibility index (Phi) is 10.1. The Bertz CT molecular complexity index is 723. The summed E-state index contributed by atoms with van der Waals surface area (Å²) in [7, 11) is 0. The molecule has 1 atom stereocenters. The Morgan fingerprint density at radius 3 is 2.52 bits per heavy atom. The van der Waals surface area contributed by atoms with E-state index < -0.39 is 0 Å². The molecule has 1 fully saturated rings. The van der Waals surface area contributed by atoms with Crippen LogP contribution in [0.4, 0.5) is 0 Å². The largest absolute Gasteiger partial charge is 0.448 e. The van der Waals surface area contributed by atoms with Gasteiger partial charge in [-0.1, -0.05) is 75.3 Å². The molecule has 1 amide bonds. The lowest BCUT2D eigenvalue weighted by molar-refractivity contribution is -0.118. The number of hydrogen-bond donors (Lipinski definition) is 2. The van der Waals surface area contributed by atoms with E-state index in [1.807, 2.05) is 30.3 Å². The predicted octanol–water partition coefficient (Wildman–Crippen LogP) is 4.38. The molecule has 1 unspecified atom stereocenters. The second-order valence-corrected chi connectivity index (χ2v) is 7.67. The quantitative estimate of drug-likeness (QED) is 0.608. The van der Waals surface area contributed by atoms with Crippen molar-refractivity contribution in [3.05, 3.63) is 53.7 Å². The molecule has 1 aromatic heterocycles.